The van der Waals surface area contributed by atoms with Gasteiger partial charge in [0.1, 0.15) is 48.4 Å². The molecule has 11 atom stereocenters. The number of rotatable bonds is 11. The minimum Gasteiger partial charge on any atom is -0.756 e. The van der Waals surface area contributed by atoms with Crippen LogP contribution < -0.4 is 26.7 Å². The summed E-state index contributed by atoms with van der Waals surface area (Å²) in [6.45, 7) is -1.18. The van der Waals surface area contributed by atoms with Gasteiger partial charge >= 0.3 is 5.69 Å². The highest BCUT2D eigenvalue weighted by atomic mass is 31.2. The van der Waals surface area contributed by atoms with Crippen LogP contribution in [0.4, 0.5) is 5.82 Å². The average molecular weight is 612 g/mol. The Morgan fingerprint density at radius 2 is 2.00 bits per heavy atom. The van der Waals surface area contributed by atoms with Crippen molar-refractivity contribution in [3.8, 4) is 0 Å². The Hall–Kier alpha value is -2.59. The van der Waals surface area contributed by atoms with Gasteiger partial charge in [-0.1, -0.05) is 0 Å². The van der Waals surface area contributed by atoms with Crippen molar-refractivity contribution in [2.45, 2.75) is 74.1 Å². The number of anilines is 1. The molecule has 2 aliphatic rings. The first-order valence-electron chi connectivity index (χ1n) is 11.9. The number of amides is 1. The lowest BCUT2D eigenvalue weighted by molar-refractivity contribution is -0.377. The number of phosphoric acid groups is 1. The zero-order valence-electron chi connectivity index (χ0n) is 21.2. The lowest BCUT2D eigenvalue weighted by Crippen LogP contribution is -2.69. The molecule has 0 bridgehead atoms. The summed E-state index contributed by atoms with van der Waals surface area (Å²) in [6.07, 6.45) is -15.1. The van der Waals surface area contributed by atoms with E-state index in [9.17, 15) is 54.5 Å². The molecule has 0 aromatic carbocycles. The van der Waals surface area contributed by atoms with Crippen molar-refractivity contribution >= 4 is 25.5 Å². The first-order chi connectivity index (χ1) is 19.0. The van der Waals surface area contributed by atoms with Crippen molar-refractivity contribution in [3.63, 3.8) is 0 Å². The third-order valence-electron chi connectivity index (χ3n) is 6.29. The lowest BCUT2D eigenvalue weighted by Gasteiger charge is -2.50. The number of hydrogen-bond acceptors (Lipinski definition) is 18. The second-order valence-corrected chi connectivity index (χ2v) is 10.6. The smallest absolute Gasteiger partial charge is 0.351 e. The van der Waals surface area contributed by atoms with E-state index in [4.69, 9.17) is 20.3 Å². The fourth-order valence-corrected chi connectivity index (χ4v) is 5.24. The highest BCUT2D eigenvalue weighted by Gasteiger charge is 2.54. The van der Waals surface area contributed by atoms with Gasteiger partial charge in [-0.05, 0) is 6.07 Å². The predicted molar refractivity (Wildman–Crippen MR) is 123 cm³/mol. The van der Waals surface area contributed by atoms with Gasteiger partial charge < -0.3 is 70.5 Å². The van der Waals surface area contributed by atoms with Gasteiger partial charge in [-0.3, -0.25) is 18.5 Å². The SMILES string of the molecule is CC(=O)N[C@H]1C([C@H](O)[C@H](O)CO)O[C@](OP(=O)([O-])OC[C@H]2O[C@@H](n3ccc(N)nc3=O)C(O)[C@H]2O)(C(=O)[O-])C[C@H]1O. The first-order valence-corrected chi connectivity index (χ1v) is 13.3. The molecular weight excluding hydrogens is 583 g/mol. The van der Waals surface area contributed by atoms with Gasteiger partial charge in [0, 0.05) is 19.5 Å². The fourth-order valence-electron chi connectivity index (χ4n) is 4.30. The third kappa shape index (κ3) is 7.25. The monoisotopic (exact) mass is 612 g/mol. The molecule has 9 N–H and O–H groups in total. The molecule has 232 valence electrons. The number of carbonyl (C=O) groups excluding carboxylic acids is 2. The number of aliphatic carboxylic acids is 1. The summed E-state index contributed by atoms with van der Waals surface area (Å²) in [7, 11) is -5.81. The molecule has 20 nitrogen and oxygen atoms in total. The van der Waals surface area contributed by atoms with Crippen molar-refractivity contribution in [2.75, 3.05) is 18.9 Å². The van der Waals surface area contributed by atoms with E-state index in [1.807, 2.05) is 0 Å². The van der Waals surface area contributed by atoms with Gasteiger partial charge in [0.05, 0.1) is 25.4 Å². The van der Waals surface area contributed by atoms with E-state index in [-0.39, 0.29) is 5.82 Å². The number of nitrogens with zero attached hydrogens (tertiary/aromatic N) is 2. The van der Waals surface area contributed by atoms with Crippen LogP contribution in [-0.2, 0) is 32.7 Å². The lowest BCUT2D eigenvalue weighted by atomic mass is 9.88. The number of aliphatic hydroxyl groups is 6. The van der Waals surface area contributed by atoms with Gasteiger partial charge in [-0.15, -0.1) is 0 Å². The third-order valence-corrected chi connectivity index (χ3v) is 7.27. The molecule has 21 heteroatoms. The van der Waals surface area contributed by atoms with Gasteiger partial charge in [0.25, 0.3) is 7.82 Å². The van der Waals surface area contributed by atoms with Crippen LogP contribution in [0.15, 0.2) is 17.1 Å². The Bertz CT molecular complexity index is 1220. The van der Waals surface area contributed by atoms with E-state index < -0.39 is 106 Å². The average Bonchev–Trinajstić information content (AvgIpc) is 3.16. The number of carbonyl (C=O) groups is 2. The van der Waals surface area contributed by atoms with Crippen molar-refractivity contribution in [1.82, 2.24) is 14.9 Å². The van der Waals surface area contributed by atoms with Crippen molar-refractivity contribution in [2.24, 2.45) is 0 Å². The Kier molecular flexibility index (Phi) is 10.2. The molecule has 2 saturated heterocycles. The maximum absolute atomic E-state index is 12.7. The Morgan fingerprint density at radius 3 is 2.56 bits per heavy atom. The number of carboxylic acids is 1. The molecule has 2 fully saturated rings. The second-order valence-electron chi connectivity index (χ2n) is 9.28. The van der Waals surface area contributed by atoms with E-state index >= 15 is 0 Å². The second kappa shape index (κ2) is 12.7. The number of nitrogen functional groups attached to an aromatic ring is 1. The number of nitrogens with two attached hydrogens (primary N) is 1. The van der Waals surface area contributed by atoms with Crippen LogP contribution in [0.3, 0.4) is 0 Å². The predicted octanol–water partition coefficient (Wildman–Crippen LogP) is -7.24. The Balaban J connectivity index is 1.79. The van der Waals surface area contributed by atoms with Crippen molar-refractivity contribution < 1.29 is 73.3 Å². The van der Waals surface area contributed by atoms with Crippen LogP contribution >= 0.6 is 7.82 Å². The van der Waals surface area contributed by atoms with E-state index in [1.54, 1.807) is 0 Å². The topological polar surface area (TPSA) is 329 Å². The zero-order chi connectivity index (χ0) is 30.9. The molecule has 0 aliphatic carbocycles. The first kappa shape index (κ1) is 32.9. The quantitative estimate of drug-likeness (QED) is 0.108. The van der Waals surface area contributed by atoms with Gasteiger partial charge in [0.15, 0.2) is 6.23 Å². The molecule has 0 saturated carbocycles. The Labute approximate surface area is 230 Å². The van der Waals surface area contributed by atoms with Crippen LogP contribution in [0.25, 0.3) is 0 Å². The van der Waals surface area contributed by atoms with Crippen molar-refractivity contribution in [3.05, 3.63) is 22.7 Å². The molecule has 41 heavy (non-hydrogen) atoms. The number of aromatic nitrogens is 2. The van der Waals surface area contributed by atoms with Crippen LogP contribution in [0.5, 0.6) is 0 Å². The van der Waals surface area contributed by atoms with E-state index in [2.05, 4.69) is 19.3 Å². The minimum absolute atomic E-state index is 0.149. The number of aliphatic hydroxyl groups excluding tert-OH is 6. The number of hydrogen-bond donors (Lipinski definition) is 8. The van der Waals surface area contributed by atoms with E-state index in [1.165, 1.54) is 6.07 Å². The van der Waals surface area contributed by atoms with Gasteiger partial charge in [-0.25, -0.2) is 4.79 Å². The number of carboxylic acid groups (broad SMARTS) is 1. The maximum atomic E-state index is 12.7. The van der Waals surface area contributed by atoms with Crippen LogP contribution in [0, 0.1) is 0 Å². The number of phosphoric ester groups is 1. The van der Waals surface area contributed by atoms with Gasteiger partial charge in [0.2, 0.25) is 11.7 Å². The van der Waals surface area contributed by atoms with Gasteiger partial charge in [-0.2, -0.15) is 4.98 Å². The molecule has 0 spiro atoms. The summed E-state index contributed by atoms with van der Waals surface area (Å²) < 4.78 is 33.1. The highest BCUT2D eigenvalue weighted by molar-refractivity contribution is 7.45. The molecule has 3 rings (SSSR count). The molecule has 1 aromatic rings. The van der Waals surface area contributed by atoms with Crippen LogP contribution in [-0.4, -0.2) is 120 Å². The maximum Gasteiger partial charge on any atom is 0.351 e. The highest BCUT2D eigenvalue weighted by Crippen LogP contribution is 2.48. The summed E-state index contributed by atoms with van der Waals surface area (Å²) in [5, 5.41) is 74.7. The normalized spacial score (nSPS) is 34.9. The van der Waals surface area contributed by atoms with Crippen LogP contribution in [0.1, 0.15) is 19.6 Å². The summed E-state index contributed by atoms with van der Waals surface area (Å²) in [4.78, 5) is 51.8. The molecule has 3 unspecified atom stereocenters. The fraction of sp³-hybridized carbons (Fsp3) is 0.700. The summed E-state index contributed by atoms with van der Waals surface area (Å²) in [5.41, 5.74) is 4.43. The Morgan fingerprint density at radius 1 is 1.34 bits per heavy atom. The standard InChI is InChI=1S/C20H31N4O16P/c1-7(26)22-12-8(27)4-20(18(32)33,39-16(12)13(29)9(28)5-25)40-41(35,36)37-6-10-14(30)15(31)17(38-10)24-3-2-11(21)23-19(24)34/h2-3,8-10,12-17,25,27-31H,4-6H2,1H3,(H,22,26)(H,32,33)(H,35,36)(H2,21,23,34)/p-2/t8-,9-,10-,12-,13-,14+,15?,16?,17-,20-/m1/s1. The molecular formula is C20H29N4O16P-2. The molecule has 1 aromatic heterocycles. The van der Waals surface area contributed by atoms with E-state index in [0.717, 1.165) is 17.7 Å². The summed E-state index contributed by atoms with van der Waals surface area (Å²) >= 11 is 0. The summed E-state index contributed by atoms with van der Waals surface area (Å²) in [5.74, 6) is -6.70. The van der Waals surface area contributed by atoms with Crippen LogP contribution in [0.2, 0.25) is 0 Å². The molecule has 2 aliphatic heterocycles. The van der Waals surface area contributed by atoms with E-state index in [0.29, 0.717) is 0 Å². The zero-order valence-corrected chi connectivity index (χ0v) is 22.1. The molecule has 1 amide bonds. The summed E-state index contributed by atoms with van der Waals surface area (Å²) in [6, 6.07) is -0.426. The largest absolute Gasteiger partial charge is 0.756 e. The molecule has 3 heterocycles. The number of nitrogens with one attached hydrogen (secondary N) is 1. The number of ether oxygens (including phenoxy) is 2. The minimum atomic E-state index is -5.81. The van der Waals surface area contributed by atoms with Crippen molar-refractivity contribution in [1.29, 1.82) is 0 Å². The molecule has 0 radical (unpaired) electrons.